The maximum atomic E-state index is 12.3. The van der Waals surface area contributed by atoms with Gasteiger partial charge < -0.3 is 4.42 Å². The lowest BCUT2D eigenvalue weighted by atomic mass is 10.1. The molecule has 132 valence electrons. The van der Waals surface area contributed by atoms with Crippen LogP contribution in [0.25, 0.3) is 22.2 Å². The van der Waals surface area contributed by atoms with Gasteiger partial charge in [-0.2, -0.15) is 0 Å². The normalized spacial score (nSPS) is 10.4. The van der Waals surface area contributed by atoms with E-state index in [1.165, 1.54) is 5.56 Å². The van der Waals surface area contributed by atoms with Crippen molar-refractivity contribution in [3.63, 3.8) is 0 Å². The maximum Gasteiger partial charge on any atom is 0.345 e. The lowest BCUT2D eigenvalue weighted by molar-refractivity contribution is 0.563. The first-order chi connectivity index (χ1) is 12.7. The Hall–Kier alpha value is -2.72. The number of hydrogen-bond donors (Lipinski definition) is 0. The van der Waals surface area contributed by atoms with E-state index in [0.717, 1.165) is 22.4 Å². The fourth-order valence-electron chi connectivity index (χ4n) is 2.71. The highest BCUT2D eigenvalue weighted by molar-refractivity contribution is 7.10. The second kappa shape index (κ2) is 8.11. The van der Waals surface area contributed by atoms with Crippen LogP contribution in [0.15, 0.2) is 69.2 Å². The molecule has 0 aliphatic carbocycles. The monoisotopic (exact) mass is 363 g/mol. The SMILES string of the molecule is CC.Cc1ccc2oc(=O)c(-c3csc(Cc4ccccc4)n3)cc2c1. The maximum absolute atomic E-state index is 12.3. The zero-order valence-electron chi connectivity index (χ0n) is 15.2. The Bertz CT molecular complexity index is 1060. The van der Waals surface area contributed by atoms with Crippen LogP contribution in [0.2, 0.25) is 0 Å². The molecule has 4 aromatic rings. The van der Waals surface area contributed by atoms with E-state index < -0.39 is 0 Å². The first-order valence-electron chi connectivity index (χ1n) is 8.72. The number of aromatic nitrogens is 1. The molecule has 26 heavy (non-hydrogen) atoms. The van der Waals surface area contributed by atoms with Gasteiger partial charge in [0.05, 0.1) is 16.3 Å². The van der Waals surface area contributed by atoms with Crippen molar-refractivity contribution in [2.75, 3.05) is 0 Å². The smallest absolute Gasteiger partial charge is 0.345 e. The van der Waals surface area contributed by atoms with Gasteiger partial charge in [0, 0.05) is 17.2 Å². The first kappa shape index (κ1) is 18.1. The van der Waals surface area contributed by atoms with Gasteiger partial charge >= 0.3 is 5.63 Å². The summed E-state index contributed by atoms with van der Waals surface area (Å²) in [5.74, 6) is 0. The van der Waals surface area contributed by atoms with Gasteiger partial charge in [0.2, 0.25) is 0 Å². The van der Waals surface area contributed by atoms with E-state index in [9.17, 15) is 4.79 Å². The Kier molecular flexibility index (Phi) is 5.64. The van der Waals surface area contributed by atoms with Crippen molar-refractivity contribution >= 4 is 22.3 Å². The zero-order valence-corrected chi connectivity index (χ0v) is 16.0. The highest BCUT2D eigenvalue weighted by atomic mass is 32.1. The Labute approximate surface area is 157 Å². The van der Waals surface area contributed by atoms with E-state index in [1.54, 1.807) is 11.3 Å². The third-order valence-electron chi connectivity index (χ3n) is 3.91. The number of nitrogens with zero attached hydrogens (tertiary/aromatic N) is 1. The van der Waals surface area contributed by atoms with E-state index in [4.69, 9.17) is 4.42 Å². The summed E-state index contributed by atoms with van der Waals surface area (Å²) in [6, 6.07) is 17.8. The zero-order chi connectivity index (χ0) is 18.5. The highest BCUT2D eigenvalue weighted by Crippen LogP contribution is 2.24. The molecule has 2 aromatic heterocycles. The van der Waals surface area contributed by atoms with Crippen LogP contribution in [0.1, 0.15) is 30.0 Å². The summed E-state index contributed by atoms with van der Waals surface area (Å²) in [6.45, 7) is 6.02. The third-order valence-corrected chi connectivity index (χ3v) is 4.76. The van der Waals surface area contributed by atoms with Crippen molar-refractivity contribution in [3.8, 4) is 11.3 Å². The van der Waals surface area contributed by atoms with Gasteiger partial charge in [0.25, 0.3) is 0 Å². The second-order valence-electron chi connectivity index (χ2n) is 5.78. The Morgan fingerprint density at radius 1 is 1.04 bits per heavy atom. The van der Waals surface area contributed by atoms with Crippen LogP contribution in [-0.4, -0.2) is 4.98 Å². The lowest BCUT2D eigenvalue weighted by Gasteiger charge is -2.01. The van der Waals surface area contributed by atoms with Crippen LogP contribution in [-0.2, 0) is 6.42 Å². The quantitative estimate of drug-likeness (QED) is 0.429. The molecule has 0 saturated heterocycles. The molecule has 0 fully saturated rings. The molecule has 2 aromatic carbocycles. The lowest BCUT2D eigenvalue weighted by Crippen LogP contribution is -2.03. The predicted octanol–water partition coefficient (Wildman–Crippen LogP) is 5.84. The van der Waals surface area contributed by atoms with Crippen LogP contribution in [0, 0.1) is 6.92 Å². The molecule has 0 aliphatic rings. The molecule has 2 heterocycles. The second-order valence-corrected chi connectivity index (χ2v) is 6.72. The van der Waals surface area contributed by atoms with Gasteiger partial charge in [-0.15, -0.1) is 11.3 Å². The van der Waals surface area contributed by atoms with Crippen LogP contribution < -0.4 is 5.63 Å². The van der Waals surface area contributed by atoms with Crippen LogP contribution in [0.3, 0.4) is 0 Å². The first-order valence-corrected chi connectivity index (χ1v) is 9.60. The fraction of sp³-hybridized carbons (Fsp3) is 0.182. The minimum Gasteiger partial charge on any atom is -0.422 e. The topological polar surface area (TPSA) is 43.1 Å². The number of aryl methyl sites for hydroxylation is 1. The van der Waals surface area contributed by atoms with Gasteiger partial charge in [0.15, 0.2) is 0 Å². The Morgan fingerprint density at radius 2 is 1.81 bits per heavy atom. The molecule has 0 aliphatic heterocycles. The average molecular weight is 363 g/mol. The van der Waals surface area contributed by atoms with E-state index in [0.29, 0.717) is 16.8 Å². The van der Waals surface area contributed by atoms with Crippen LogP contribution in [0.5, 0.6) is 0 Å². The van der Waals surface area contributed by atoms with Crippen molar-refractivity contribution in [1.82, 2.24) is 4.98 Å². The van der Waals surface area contributed by atoms with Crippen molar-refractivity contribution in [1.29, 1.82) is 0 Å². The summed E-state index contributed by atoms with van der Waals surface area (Å²) in [4.78, 5) is 16.9. The summed E-state index contributed by atoms with van der Waals surface area (Å²) < 4.78 is 5.44. The van der Waals surface area contributed by atoms with E-state index in [2.05, 4.69) is 17.1 Å². The van der Waals surface area contributed by atoms with Crippen molar-refractivity contribution in [2.24, 2.45) is 0 Å². The van der Waals surface area contributed by atoms with Gasteiger partial charge in [-0.3, -0.25) is 0 Å². The third kappa shape index (κ3) is 3.92. The molecule has 0 amide bonds. The van der Waals surface area contributed by atoms with E-state index >= 15 is 0 Å². The predicted molar refractivity (Wildman–Crippen MR) is 109 cm³/mol. The van der Waals surface area contributed by atoms with Gasteiger partial charge in [0.1, 0.15) is 5.58 Å². The minimum absolute atomic E-state index is 0.345. The van der Waals surface area contributed by atoms with Crippen molar-refractivity contribution in [2.45, 2.75) is 27.2 Å². The average Bonchev–Trinajstić information content (AvgIpc) is 3.12. The highest BCUT2D eigenvalue weighted by Gasteiger charge is 2.12. The van der Waals surface area contributed by atoms with Crippen LogP contribution in [0.4, 0.5) is 0 Å². The molecule has 0 saturated carbocycles. The van der Waals surface area contributed by atoms with Gasteiger partial charge in [-0.1, -0.05) is 55.8 Å². The Morgan fingerprint density at radius 3 is 2.58 bits per heavy atom. The fourth-order valence-corrected chi connectivity index (χ4v) is 3.54. The summed E-state index contributed by atoms with van der Waals surface area (Å²) in [5, 5.41) is 3.83. The van der Waals surface area contributed by atoms with E-state index in [-0.39, 0.29) is 5.63 Å². The molecule has 3 nitrogen and oxygen atoms in total. The van der Waals surface area contributed by atoms with Gasteiger partial charge in [-0.25, -0.2) is 9.78 Å². The van der Waals surface area contributed by atoms with Crippen molar-refractivity contribution in [3.05, 3.63) is 86.5 Å². The number of fused-ring (bicyclic) bond motifs is 1. The summed E-state index contributed by atoms with van der Waals surface area (Å²) in [5.41, 5.74) is 3.80. The number of hydrogen-bond acceptors (Lipinski definition) is 4. The largest absolute Gasteiger partial charge is 0.422 e. The molecule has 0 atom stereocenters. The molecule has 0 bridgehead atoms. The Balaban J connectivity index is 0.000000948. The number of thiazole rings is 1. The molecular weight excluding hydrogens is 342 g/mol. The molecular formula is C22H21NO2S. The molecule has 0 unspecified atom stereocenters. The molecule has 0 radical (unpaired) electrons. The molecule has 0 spiro atoms. The van der Waals surface area contributed by atoms with Crippen molar-refractivity contribution < 1.29 is 4.42 Å². The molecule has 0 N–H and O–H groups in total. The number of rotatable bonds is 3. The molecule has 4 heteroatoms. The summed E-state index contributed by atoms with van der Waals surface area (Å²) in [7, 11) is 0. The standard InChI is InChI=1S/C20H15NO2S.C2H6/c1-13-7-8-18-15(9-13)11-16(20(22)23-18)17-12-24-19(21-17)10-14-5-3-2-4-6-14;1-2/h2-9,11-12H,10H2,1H3;1-2H3. The summed E-state index contributed by atoms with van der Waals surface area (Å²) >= 11 is 1.56. The number of benzene rings is 2. The molecule has 4 rings (SSSR count). The minimum atomic E-state index is -0.345. The van der Waals surface area contributed by atoms with Crippen LogP contribution >= 0.6 is 11.3 Å². The van der Waals surface area contributed by atoms with Gasteiger partial charge in [-0.05, 0) is 30.7 Å². The van der Waals surface area contributed by atoms with E-state index in [1.807, 2.05) is 68.6 Å². The summed E-state index contributed by atoms with van der Waals surface area (Å²) in [6.07, 6.45) is 0.767.